The molecule has 1 aromatic heterocycles. The van der Waals surface area contributed by atoms with Gasteiger partial charge in [0.2, 0.25) is 11.8 Å². The summed E-state index contributed by atoms with van der Waals surface area (Å²) in [6, 6.07) is 6.76. The first-order valence-electron chi connectivity index (χ1n) is 10.0. The highest BCUT2D eigenvalue weighted by atomic mass is 35.5. The zero-order valence-electron chi connectivity index (χ0n) is 16.7. The highest BCUT2D eigenvalue weighted by Gasteiger charge is 2.43. The van der Waals surface area contributed by atoms with E-state index in [9.17, 15) is 9.59 Å². The smallest absolute Gasteiger partial charge is 0.245 e. The number of nitrogens with zero attached hydrogens (tertiary/aromatic N) is 4. The minimum Gasteiger partial charge on any atom is -0.342 e. The standard InChI is InChI=1S/C21H26ClN5O2/c1-14(2)9-17-21(29)26-8-7-25(13-19(26)20(28)24-17)11-15-10-23-27(12-15)18-6-4-3-5-16(18)22/h3-6,10,12,14,17,19H,7-9,11,13H2,1-2H3,(H,24,28)/t17-,19+/m0/s1. The Kier molecular flexibility index (Phi) is 5.61. The molecule has 8 heteroatoms. The van der Waals surface area contributed by atoms with E-state index in [1.807, 2.05) is 36.7 Å². The van der Waals surface area contributed by atoms with E-state index in [1.54, 1.807) is 9.58 Å². The van der Waals surface area contributed by atoms with Gasteiger partial charge in [-0.05, 0) is 24.5 Å². The molecule has 0 aliphatic carbocycles. The van der Waals surface area contributed by atoms with E-state index in [2.05, 4.69) is 29.2 Å². The third kappa shape index (κ3) is 4.16. The van der Waals surface area contributed by atoms with Crippen LogP contribution < -0.4 is 5.32 Å². The Bertz CT molecular complexity index is 912. The maximum Gasteiger partial charge on any atom is 0.245 e. The Morgan fingerprint density at radius 2 is 2.03 bits per heavy atom. The number of rotatable bonds is 5. The molecule has 0 saturated carbocycles. The fraction of sp³-hybridized carbons (Fsp3) is 0.476. The van der Waals surface area contributed by atoms with Gasteiger partial charge in [0, 0.05) is 37.9 Å². The van der Waals surface area contributed by atoms with Crippen molar-refractivity contribution in [3.63, 3.8) is 0 Å². The number of para-hydroxylation sites is 1. The molecule has 29 heavy (non-hydrogen) atoms. The minimum absolute atomic E-state index is 0.0493. The number of benzene rings is 1. The number of aromatic nitrogens is 2. The van der Waals surface area contributed by atoms with Gasteiger partial charge < -0.3 is 10.2 Å². The molecule has 2 saturated heterocycles. The molecule has 2 aliphatic heterocycles. The minimum atomic E-state index is -0.418. The van der Waals surface area contributed by atoms with Crippen LogP contribution in [-0.2, 0) is 16.1 Å². The van der Waals surface area contributed by atoms with E-state index in [0.717, 1.165) is 17.8 Å². The van der Waals surface area contributed by atoms with Gasteiger partial charge in [-0.3, -0.25) is 14.5 Å². The zero-order chi connectivity index (χ0) is 20.5. The molecule has 1 N–H and O–H groups in total. The maximum atomic E-state index is 12.8. The predicted molar refractivity (Wildman–Crippen MR) is 111 cm³/mol. The van der Waals surface area contributed by atoms with Crippen LogP contribution in [0, 0.1) is 5.92 Å². The van der Waals surface area contributed by atoms with Crippen molar-refractivity contribution in [1.82, 2.24) is 24.9 Å². The maximum absolute atomic E-state index is 12.8. The summed E-state index contributed by atoms with van der Waals surface area (Å²) in [6.45, 7) is 6.64. The van der Waals surface area contributed by atoms with E-state index in [4.69, 9.17) is 11.6 Å². The average Bonchev–Trinajstić information content (AvgIpc) is 3.14. The van der Waals surface area contributed by atoms with Crippen LogP contribution >= 0.6 is 11.6 Å². The first-order chi connectivity index (χ1) is 13.9. The Hall–Kier alpha value is -2.38. The Morgan fingerprint density at radius 1 is 1.24 bits per heavy atom. The van der Waals surface area contributed by atoms with Crippen LogP contribution in [0.5, 0.6) is 0 Å². The van der Waals surface area contributed by atoms with Crippen molar-refractivity contribution in [3.05, 3.63) is 47.2 Å². The van der Waals surface area contributed by atoms with Gasteiger partial charge in [0.1, 0.15) is 12.1 Å². The van der Waals surface area contributed by atoms with E-state index in [0.29, 0.717) is 37.0 Å². The number of amides is 2. The van der Waals surface area contributed by atoms with Gasteiger partial charge in [0.15, 0.2) is 0 Å². The van der Waals surface area contributed by atoms with Gasteiger partial charge in [-0.1, -0.05) is 37.6 Å². The van der Waals surface area contributed by atoms with Crippen LogP contribution in [0.25, 0.3) is 5.69 Å². The van der Waals surface area contributed by atoms with Crippen molar-refractivity contribution in [3.8, 4) is 5.69 Å². The second-order valence-electron chi connectivity index (χ2n) is 8.22. The average molecular weight is 416 g/mol. The van der Waals surface area contributed by atoms with Crippen LogP contribution in [0.4, 0.5) is 0 Å². The number of hydrogen-bond acceptors (Lipinski definition) is 4. The number of piperazine rings is 2. The number of fused-ring (bicyclic) bond motifs is 1. The molecular formula is C21H26ClN5O2. The molecular weight excluding hydrogens is 390 g/mol. The molecule has 154 valence electrons. The van der Waals surface area contributed by atoms with Crippen molar-refractivity contribution in [2.45, 2.75) is 38.9 Å². The molecule has 0 spiro atoms. The van der Waals surface area contributed by atoms with Crippen molar-refractivity contribution in [2.75, 3.05) is 19.6 Å². The summed E-state index contributed by atoms with van der Waals surface area (Å²) in [7, 11) is 0. The quantitative estimate of drug-likeness (QED) is 0.811. The summed E-state index contributed by atoms with van der Waals surface area (Å²) in [6.07, 6.45) is 4.46. The molecule has 0 radical (unpaired) electrons. The fourth-order valence-electron chi connectivity index (χ4n) is 4.10. The summed E-state index contributed by atoms with van der Waals surface area (Å²) in [5.74, 6) is 0.359. The number of nitrogens with one attached hydrogen (secondary N) is 1. The van der Waals surface area contributed by atoms with E-state index in [1.165, 1.54) is 0 Å². The van der Waals surface area contributed by atoms with Gasteiger partial charge in [0.25, 0.3) is 0 Å². The lowest BCUT2D eigenvalue weighted by molar-refractivity contribution is -0.153. The van der Waals surface area contributed by atoms with Crippen molar-refractivity contribution < 1.29 is 9.59 Å². The second-order valence-corrected chi connectivity index (χ2v) is 8.63. The first kappa shape index (κ1) is 19.9. The third-order valence-electron chi connectivity index (χ3n) is 5.51. The molecule has 1 aromatic carbocycles. The number of carbonyl (C=O) groups excluding carboxylic acids is 2. The van der Waals surface area contributed by atoms with E-state index < -0.39 is 6.04 Å². The lowest BCUT2D eigenvalue weighted by Crippen LogP contribution is -2.69. The van der Waals surface area contributed by atoms with Crippen molar-refractivity contribution in [2.24, 2.45) is 5.92 Å². The summed E-state index contributed by atoms with van der Waals surface area (Å²) >= 11 is 6.26. The predicted octanol–water partition coefficient (Wildman–Crippen LogP) is 2.08. The topological polar surface area (TPSA) is 70.5 Å². The van der Waals surface area contributed by atoms with E-state index >= 15 is 0 Å². The van der Waals surface area contributed by atoms with Crippen LogP contribution in [0.15, 0.2) is 36.7 Å². The Labute approximate surface area is 175 Å². The van der Waals surface area contributed by atoms with E-state index in [-0.39, 0.29) is 17.9 Å². The molecule has 3 heterocycles. The number of halogens is 1. The van der Waals surface area contributed by atoms with Gasteiger partial charge in [0.05, 0.1) is 16.9 Å². The normalized spacial score (nSPS) is 22.7. The van der Waals surface area contributed by atoms with Crippen molar-refractivity contribution >= 4 is 23.4 Å². The highest BCUT2D eigenvalue weighted by Crippen LogP contribution is 2.22. The third-order valence-corrected chi connectivity index (χ3v) is 5.83. The van der Waals surface area contributed by atoms with Crippen LogP contribution in [0.1, 0.15) is 25.8 Å². The molecule has 2 aromatic rings. The summed E-state index contributed by atoms with van der Waals surface area (Å²) in [5.41, 5.74) is 1.87. The Balaban J connectivity index is 1.41. The monoisotopic (exact) mass is 415 g/mol. The lowest BCUT2D eigenvalue weighted by atomic mass is 9.97. The molecule has 2 amide bonds. The van der Waals surface area contributed by atoms with Crippen LogP contribution in [-0.4, -0.2) is 63.1 Å². The first-order valence-corrected chi connectivity index (χ1v) is 10.4. The zero-order valence-corrected chi connectivity index (χ0v) is 17.5. The number of carbonyl (C=O) groups is 2. The van der Waals surface area contributed by atoms with Gasteiger partial charge >= 0.3 is 0 Å². The fourth-order valence-corrected chi connectivity index (χ4v) is 4.32. The second kappa shape index (κ2) is 8.16. The molecule has 7 nitrogen and oxygen atoms in total. The molecule has 4 rings (SSSR count). The largest absolute Gasteiger partial charge is 0.342 e. The molecule has 2 atom stereocenters. The van der Waals surface area contributed by atoms with Crippen LogP contribution in [0.3, 0.4) is 0 Å². The lowest BCUT2D eigenvalue weighted by Gasteiger charge is -2.45. The molecule has 2 fully saturated rings. The summed E-state index contributed by atoms with van der Waals surface area (Å²) in [5, 5.41) is 7.99. The molecule has 0 unspecified atom stereocenters. The SMILES string of the molecule is CC(C)C[C@@H]1NC(=O)[C@H]2CN(Cc3cnn(-c4ccccc4Cl)c3)CCN2C1=O. The number of hydrogen-bond donors (Lipinski definition) is 1. The highest BCUT2D eigenvalue weighted by molar-refractivity contribution is 6.32. The summed E-state index contributed by atoms with van der Waals surface area (Å²) in [4.78, 5) is 29.4. The molecule has 0 bridgehead atoms. The van der Waals surface area contributed by atoms with Crippen LogP contribution in [0.2, 0.25) is 5.02 Å². The molecule has 2 aliphatic rings. The van der Waals surface area contributed by atoms with Gasteiger partial charge in [-0.15, -0.1) is 0 Å². The van der Waals surface area contributed by atoms with Crippen molar-refractivity contribution in [1.29, 1.82) is 0 Å². The van der Waals surface area contributed by atoms with Gasteiger partial charge in [-0.2, -0.15) is 5.10 Å². The Morgan fingerprint density at radius 3 is 2.79 bits per heavy atom. The van der Waals surface area contributed by atoms with Gasteiger partial charge in [-0.25, -0.2) is 4.68 Å². The summed E-state index contributed by atoms with van der Waals surface area (Å²) < 4.78 is 1.77.